The second-order valence-corrected chi connectivity index (χ2v) is 5.63. The van der Waals surface area contributed by atoms with Gasteiger partial charge in [0.2, 0.25) is 0 Å². The zero-order valence-electron chi connectivity index (χ0n) is 8.00. The van der Waals surface area contributed by atoms with Crippen molar-refractivity contribution in [1.29, 1.82) is 0 Å². The second kappa shape index (κ2) is 2.10. The van der Waals surface area contributed by atoms with Gasteiger partial charge in [-0.05, 0) is 49.9 Å². The molecule has 0 aliphatic heterocycles. The Kier molecular flexibility index (Phi) is 1.33. The zero-order valence-corrected chi connectivity index (χ0v) is 8.00. The standard InChI is InChI=1S/C10H19N3/c11-9-4-6-1-7(5-9)3-8(2-6)10(9,12)13/h6-8H,1-5,11-13H2. The van der Waals surface area contributed by atoms with Crippen molar-refractivity contribution in [3.05, 3.63) is 0 Å². The van der Waals surface area contributed by atoms with Gasteiger partial charge in [0.1, 0.15) is 0 Å². The molecule has 4 rings (SSSR count). The lowest BCUT2D eigenvalue weighted by molar-refractivity contribution is -0.0707. The van der Waals surface area contributed by atoms with Crippen molar-refractivity contribution in [3.8, 4) is 0 Å². The average Bonchev–Trinajstić information content (AvgIpc) is 1.99. The molecule has 0 saturated heterocycles. The summed E-state index contributed by atoms with van der Waals surface area (Å²) in [5, 5.41) is 0. The summed E-state index contributed by atoms with van der Waals surface area (Å²) in [6, 6.07) is 0. The molecule has 74 valence electrons. The molecule has 4 bridgehead atoms. The van der Waals surface area contributed by atoms with Crippen LogP contribution in [0.4, 0.5) is 0 Å². The highest BCUT2D eigenvalue weighted by Crippen LogP contribution is 2.56. The van der Waals surface area contributed by atoms with E-state index in [0.29, 0.717) is 5.92 Å². The number of hydrogen-bond donors (Lipinski definition) is 3. The lowest BCUT2D eigenvalue weighted by Gasteiger charge is -2.63. The van der Waals surface area contributed by atoms with Gasteiger partial charge < -0.3 is 17.2 Å². The maximum Gasteiger partial charge on any atom is 0.0850 e. The third kappa shape index (κ3) is 0.853. The van der Waals surface area contributed by atoms with Gasteiger partial charge in [0.25, 0.3) is 0 Å². The molecule has 0 spiro atoms. The Labute approximate surface area is 79.0 Å². The van der Waals surface area contributed by atoms with Crippen molar-refractivity contribution in [1.82, 2.24) is 0 Å². The van der Waals surface area contributed by atoms with Crippen LogP contribution in [0.3, 0.4) is 0 Å². The smallest absolute Gasteiger partial charge is 0.0850 e. The topological polar surface area (TPSA) is 78.1 Å². The molecule has 3 nitrogen and oxygen atoms in total. The SMILES string of the molecule is NC12CC3CC(CC(C3)C1(N)N)C2. The minimum absolute atomic E-state index is 0.248. The van der Waals surface area contributed by atoms with E-state index >= 15 is 0 Å². The van der Waals surface area contributed by atoms with Crippen LogP contribution in [0, 0.1) is 17.8 Å². The predicted molar refractivity (Wildman–Crippen MR) is 51.6 cm³/mol. The van der Waals surface area contributed by atoms with E-state index in [1.807, 2.05) is 0 Å². The van der Waals surface area contributed by atoms with E-state index in [1.165, 1.54) is 19.3 Å². The van der Waals surface area contributed by atoms with Crippen molar-refractivity contribution in [2.24, 2.45) is 35.0 Å². The molecule has 0 heterocycles. The van der Waals surface area contributed by atoms with Gasteiger partial charge in [-0.15, -0.1) is 0 Å². The van der Waals surface area contributed by atoms with E-state index in [0.717, 1.165) is 24.7 Å². The number of nitrogens with two attached hydrogens (primary N) is 3. The molecule has 0 aromatic carbocycles. The Hall–Kier alpha value is -0.120. The van der Waals surface area contributed by atoms with Crippen molar-refractivity contribution in [2.75, 3.05) is 0 Å². The van der Waals surface area contributed by atoms with E-state index in [2.05, 4.69) is 0 Å². The van der Waals surface area contributed by atoms with Gasteiger partial charge in [0.05, 0.1) is 5.66 Å². The molecule has 0 aromatic rings. The van der Waals surface area contributed by atoms with Gasteiger partial charge in [0, 0.05) is 5.54 Å². The second-order valence-electron chi connectivity index (χ2n) is 5.63. The van der Waals surface area contributed by atoms with E-state index in [4.69, 9.17) is 17.2 Å². The number of rotatable bonds is 0. The van der Waals surface area contributed by atoms with Crippen molar-refractivity contribution >= 4 is 0 Å². The maximum atomic E-state index is 6.35. The Morgan fingerprint density at radius 2 is 1.38 bits per heavy atom. The van der Waals surface area contributed by atoms with Crippen LogP contribution in [0.2, 0.25) is 0 Å². The fraction of sp³-hybridized carbons (Fsp3) is 1.00. The van der Waals surface area contributed by atoms with Crippen LogP contribution in [0.25, 0.3) is 0 Å². The Balaban J connectivity index is 2.03. The summed E-state index contributed by atoms with van der Waals surface area (Å²) in [4.78, 5) is 0. The van der Waals surface area contributed by atoms with Crippen LogP contribution < -0.4 is 17.2 Å². The minimum Gasteiger partial charge on any atom is -0.322 e. The maximum absolute atomic E-state index is 6.35. The average molecular weight is 181 g/mol. The van der Waals surface area contributed by atoms with Crippen LogP contribution in [-0.2, 0) is 0 Å². The van der Waals surface area contributed by atoms with E-state index < -0.39 is 5.66 Å². The quantitative estimate of drug-likeness (QED) is 0.465. The summed E-state index contributed by atoms with van der Waals surface area (Å²) in [6.45, 7) is 0. The molecule has 13 heavy (non-hydrogen) atoms. The fourth-order valence-electron chi connectivity index (χ4n) is 4.16. The van der Waals surface area contributed by atoms with Gasteiger partial charge in [-0.3, -0.25) is 0 Å². The van der Waals surface area contributed by atoms with E-state index in [-0.39, 0.29) is 5.54 Å². The van der Waals surface area contributed by atoms with Crippen LogP contribution >= 0.6 is 0 Å². The lowest BCUT2D eigenvalue weighted by atomic mass is 9.48. The molecule has 4 fully saturated rings. The monoisotopic (exact) mass is 181 g/mol. The molecule has 2 atom stereocenters. The zero-order chi connectivity index (χ0) is 9.27. The summed E-state index contributed by atoms with van der Waals surface area (Å²) in [5.41, 5.74) is 17.9. The van der Waals surface area contributed by atoms with Crippen LogP contribution in [-0.4, -0.2) is 11.2 Å². The van der Waals surface area contributed by atoms with Crippen LogP contribution in [0.1, 0.15) is 32.1 Å². The lowest BCUT2D eigenvalue weighted by Crippen LogP contribution is -2.81. The minimum atomic E-state index is -0.583. The third-order valence-corrected chi connectivity index (χ3v) is 4.75. The molecule has 4 aliphatic carbocycles. The largest absolute Gasteiger partial charge is 0.322 e. The first kappa shape index (κ1) is 8.21. The summed E-state index contributed by atoms with van der Waals surface area (Å²) in [5.74, 6) is 2.13. The predicted octanol–water partition coefficient (Wildman–Crippen LogP) is 0.138. The summed E-state index contributed by atoms with van der Waals surface area (Å²) >= 11 is 0. The molecule has 3 heteroatoms. The first-order valence-corrected chi connectivity index (χ1v) is 5.38. The van der Waals surface area contributed by atoms with Gasteiger partial charge in [0.15, 0.2) is 0 Å². The molecular formula is C10H19N3. The molecule has 0 radical (unpaired) electrons. The summed E-state index contributed by atoms with van der Waals surface area (Å²) in [7, 11) is 0. The number of hydrogen-bond acceptors (Lipinski definition) is 3. The highest BCUT2D eigenvalue weighted by Gasteiger charge is 2.60. The van der Waals surface area contributed by atoms with Crippen molar-refractivity contribution < 1.29 is 0 Å². The van der Waals surface area contributed by atoms with Crippen LogP contribution in [0.5, 0.6) is 0 Å². The highest BCUT2D eigenvalue weighted by molar-refractivity contribution is 5.18. The third-order valence-electron chi connectivity index (χ3n) is 4.75. The van der Waals surface area contributed by atoms with E-state index in [9.17, 15) is 0 Å². The van der Waals surface area contributed by atoms with E-state index in [1.54, 1.807) is 0 Å². The molecule has 6 N–H and O–H groups in total. The van der Waals surface area contributed by atoms with Gasteiger partial charge in [-0.2, -0.15) is 0 Å². The molecule has 4 aliphatic rings. The first-order valence-electron chi connectivity index (χ1n) is 5.38. The normalized spacial score (nSPS) is 57.0. The van der Waals surface area contributed by atoms with Gasteiger partial charge in [-0.1, -0.05) is 0 Å². The van der Waals surface area contributed by atoms with Crippen molar-refractivity contribution in [2.45, 2.75) is 43.3 Å². The summed E-state index contributed by atoms with van der Waals surface area (Å²) < 4.78 is 0. The highest BCUT2D eigenvalue weighted by atomic mass is 15.1. The molecular weight excluding hydrogens is 162 g/mol. The molecule has 2 unspecified atom stereocenters. The first-order chi connectivity index (χ1) is 6.01. The Bertz CT molecular complexity index is 235. The Morgan fingerprint density at radius 3 is 1.85 bits per heavy atom. The van der Waals surface area contributed by atoms with Gasteiger partial charge in [-0.25, -0.2) is 0 Å². The Morgan fingerprint density at radius 1 is 0.846 bits per heavy atom. The molecule has 4 saturated carbocycles. The van der Waals surface area contributed by atoms with Crippen molar-refractivity contribution in [3.63, 3.8) is 0 Å². The molecule has 0 amide bonds. The summed E-state index contributed by atoms with van der Waals surface area (Å²) in [6.07, 6.45) is 5.95. The fourth-order valence-corrected chi connectivity index (χ4v) is 4.16. The molecule has 0 aromatic heterocycles. The van der Waals surface area contributed by atoms with Crippen LogP contribution in [0.15, 0.2) is 0 Å². The van der Waals surface area contributed by atoms with Gasteiger partial charge >= 0.3 is 0 Å².